The van der Waals surface area contributed by atoms with Gasteiger partial charge >= 0.3 is 5.97 Å². The minimum absolute atomic E-state index is 0.0343. The molecular weight excluding hydrogens is 277 g/mol. The molecule has 0 radical (unpaired) electrons. The Bertz CT molecular complexity index is 575. The molecule has 0 unspecified atom stereocenters. The molecule has 1 aromatic carbocycles. The lowest BCUT2D eigenvalue weighted by molar-refractivity contribution is -0.142. The van der Waals surface area contributed by atoms with Crippen molar-refractivity contribution >= 4 is 11.9 Å². The molecule has 2 N–H and O–H groups in total. The lowest BCUT2D eigenvalue weighted by atomic mass is 10.1. The topological polar surface area (TPSA) is 75.6 Å². The van der Waals surface area contributed by atoms with Gasteiger partial charge in [0.15, 0.2) is 0 Å². The second kappa shape index (κ2) is 8.72. The normalized spacial score (nSPS) is 9.48. The van der Waals surface area contributed by atoms with Gasteiger partial charge in [-0.2, -0.15) is 0 Å². The zero-order chi connectivity index (χ0) is 15.7. The average molecular weight is 293 g/mol. The third-order valence-electron chi connectivity index (χ3n) is 2.45. The first-order chi connectivity index (χ1) is 10.1. The van der Waals surface area contributed by atoms with E-state index in [1.165, 1.54) is 12.1 Å². The highest BCUT2D eigenvalue weighted by atomic mass is 19.1. The van der Waals surface area contributed by atoms with Gasteiger partial charge in [-0.1, -0.05) is 11.8 Å². The van der Waals surface area contributed by atoms with Crippen molar-refractivity contribution < 1.29 is 23.8 Å². The number of rotatable bonds is 5. The number of aliphatic hydroxyl groups is 1. The van der Waals surface area contributed by atoms with E-state index in [4.69, 9.17) is 9.84 Å². The van der Waals surface area contributed by atoms with Crippen molar-refractivity contribution in [1.29, 1.82) is 0 Å². The lowest BCUT2D eigenvalue weighted by Crippen LogP contribution is -2.27. The first kappa shape index (κ1) is 16.7. The highest BCUT2D eigenvalue weighted by Gasteiger charge is 2.12. The van der Waals surface area contributed by atoms with Crippen LogP contribution in [0.5, 0.6) is 0 Å². The minimum Gasteiger partial charge on any atom is -0.466 e. The van der Waals surface area contributed by atoms with E-state index in [0.717, 1.165) is 6.07 Å². The number of nitrogens with one attached hydrogen (secondary N) is 1. The Morgan fingerprint density at radius 1 is 1.43 bits per heavy atom. The van der Waals surface area contributed by atoms with Crippen LogP contribution in [-0.4, -0.2) is 36.7 Å². The molecule has 0 spiro atoms. The van der Waals surface area contributed by atoms with E-state index >= 15 is 0 Å². The maximum atomic E-state index is 13.2. The summed E-state index contributed by atoms with van der Waals surface area (Å²) >= 11 is 0. The van der Waals surface area contributed by atoms with Gasteiger partial charge in [-0.3, -0.25) is 9.59 Å². The highest BCUT2D eigenvalue weighted by Crippen LogP contribution is 2.10. The van der Waals surface area contributed by atoms with E-state index in [2.05, 4.69) is 17.2 Å². The highest BCUT2D eigenvalue weighted by molar-refractivity contribution is 5.96. The Labute approximate surface area is 122 Å². The number of halogens is 1. The molecule has 6 heteroatoms. The lowest BCUT2D eigenvalue weighted by Gasteiger charge is -2.07. The van der Waals surface area contributed by atoms with Gasteiger partial charge in [-0.15, -0.1) is 0 Å². The average Bonchev–Trinajstić information content (AvgIpc) is 2.46. The Morgan fingerprint density at radius 3 is 2.86 bits per heavy atom. The predicted molar refractivity (Wildman–Crippen MR) is 73.9 cm³/mol. The summed E-state index contributed by atoms with van der Waals surface area (Å²) in [5.41, 5.74) is 0.360. The maximum absolute atomic E-state index is 13.2. The van der Waals surface area contributed by atoms with Crippen molar-refractivity contribution in [2.24, 2.45) is 0 Å². The predicted octanol–water partition coefficient (Wildman–Crippen LogP) is 0.852. The zero-order valence-corrected chi connectivity index (χ0v) is 11.6. The van der Waals surface area contributed by atoms with Gasteiger partial charge in [-0.25, -0.2) is 4.39 Å². The molecular formula is C15H16FNO4. The number of carbonyl (C=O) groups excluding carboxylic acids is 2. The van der Waals surface area contributed by atoms with Crippen LogP contribution in [0, 0.1) is 17.7 Å². The molecule has 5 nitrogen and oxygen atoms in total. The fraction of sp³-hybridized carbons (Fsp3) is 0.333. The molecule has 0 aromatic heterocycles. The molecule has 0 heterocycles. The second-order valence-electron chi connectivity index (χ2n) is 3.96. The van der Waals surface area contributed by atoms with Crippen molar-refractivity contribution in [2.75, 3.05) is 19.8 Å². The molecule has 0 aliphatic heterocycles. The number of hydrogen-bond acceptors (Lipinski definition) is 4. The second-order valence-corrected chi connectivity index (χ2v) is 3.96. The Morgan fingerprint density at radius 2 is 2.19 bits per heavy atom. The van der Waals surface area contributed by atoms with Crippen molar-refractivity contribution in [2.45, 2.75) is 13.3 Å². The van der Waals surface area contributed by atoms with E-state index in [1.54, 1.807) is 6.92 Å². The summed E-state index contributed by atoms with van der Waals surface area (Å²) in [5.74, 6) is 3.44. The summed E-state index contributed by atoms with van der Waals surface area (Å²) in [4.78, 5) is 23.1. The standard InChI is InChI=1S/C15H16FNO4/c1-2-21-14(19)7-8-17-15(20)13-10-12(16)6-5-11(13)4-3-9-18/h5-6,10,18H,2,7-9H2,1H3,(H,17,20). The Balaban J connectivity index is 2.72. The van der Waals surface area contributed by atoms with Gasteiger partial charge < -0.3 is 15.2 Å². The van der Waals surface area contributed by atoms with E-state index in [9.17, 15) is 14.0 Å². The van der Waals surface area contributed by atoms with Gasteiger partial charge in [0.25, 0.3) is 5.91 Å². The van der Waals surface area contributed by atoms with Gasteiger partial charge in [0.1, 0.15) is 12.4 Å². The van der Waals surface area contributed by atoms with Crippen LogP contribution >= 0.6 is 0 Å². The van der Waals surface area contributed by atoms with Crippen LogP contribution in [0.2, 0.25) is 0 Å². The van der Waals surface area contributed by atoms with E-state index in [-0.39, 0.29) is 31.7 Å². The molecule has 1 aromatic rings. The maximum Gasteiger partial charge on any atom is 0.307 e. The van der Waals surface area contributed by atoms with Crippen LogP contribution in [0.25, 0.3) is 0 Å². The molecule has 0 saturated heterocycles. The Hall–Kier alpha value is -2.39. The summed E-state index contributed by atoms with van der Waals surface area (Å²) in [7, 11) is 0. The first-order valence-corrected chi connectivity index (χ1v) is 6.41. The number of esters is 1. The van der Waals surface area contributed by atoms with Crippen molar-refractivity contribution in [3.63, 3.8) is 0 Å². The van der Waals surface area contributed by atoms with E-state index in [0.29, 0.717) is 5.56 Å². The molecule has 0 aliphatic rings. The van der Waals surface area contributed by atoms with E-state index in [1.807, 2.05) is 0 Å². The smallest absolute Gasteiger partial charge is 0.307 e. The van der Waals surface area contributed by atoms with Crippen LogP contribution < -0.4 is 5.32 Å². The molecule has 1 amide bonds. The molecule has 0 fully saturated rings. The van der Waals surface area contributed by atoms with Crippen LogP contribution in [0.4, 0.5) is 4.39 Å². The fourth-order valence-corrected chi connectivity index (χ4v) is 1.55. The zero-order valence-electron chi connectivity index (χ0n) is 11.6. The summed E-state index contributed by atoms with van der Waals surface area (Å²) in [6, 6.07) is 3.59. The van der Waals surface area contributed by atoms with Crippen LogP contribution in [0.15, 0.2) is 18.2 Å². The van der Waals surface area contributed by atoms with Crippen LogP contribution in [-0.2, 0) is 9.53 Å². The molecule has 0 saturated carbocycles. The Kier molecular flexibility index (Phi) is 6.92. The number of aliphatic hydroxyl groups excluding tert-OH is 1. The van der Waals surface area contributed by atoms with Crippen LogP contribution in [0.1, 0.15) is 29.3 Å². The minimum atomic E-state index is -0.569. The molecule has 21 heavy (non-hydrogen) atoms. The number of hydrogen-bond donors (Lipinski definition) is 2. The molecule has 1 rings (SSSR count). The molecule has 0 aliphatic carbocycles. The number of carbonyl (C=O) groups is 2. The van der Waals surface area contributed by atoms with Gasteiger partial charge in [0.2, 0.25) is 0 Å². The third kappa shape index (κ3) is 5.63. The molecule has 0 bridgehead atoms. The largest absolute Gasteiger partial charge is 0.466 e. The van der Waals surface area contributed by atoms with Crippen molar-refractivity contribution in [3.8, 4) is 11.8 Å². The quantitative estimate of drug-likeness (QED) is 0.623. The number of ether oxygens (including phenoxy) is 1. The van der Waals surface area contributed by atoms with Gasteiger partial charge in [-0.05, 0) is 25.1 Å². The number of benzene rings is 1. The third-order valence-corrected chi connectivity index (χ3v) is 2.45. The summed E-state index contributed by atoms with van der Waals surface area (Å²) < 4.78 is 18.0. The molecule has 0 atom stereocenters. The molecule has 112 valence electrons. The van der Waals surface area contributed by atoms with Gasteiger partial charge in [0, 0.05) is 12.1 Å². The van der Waals surface area contributed by atoms with Gasteiger partial charge in [0.05, 0.1) is 18.6 Å². The summed E-state index contributed by atoms with van der Waals surface area (Å²) in [5, 5.41) is 11.2. The van der Waals surface area contributed by atoms with Crippen LogP contribution in [0.3, 0.4) is 0 Å². The van der Waals surface area contributed by atoms with Crippen molar-refractivity contribution in [3.05, 3.63) is 35.1 Å². The monoisotopic (exact) mass is 293 g/mol. The SMILES string of the molecule is CCOC(=O)CCNC(=O)c1cc(F)ccc1C#CCO. The first-order valence-electron chi connectivity index (χ1n) is 6.41. The summed E-state index contributed by atoms with van der Waals surface area (Å²) in [6.45, 7) is 1.69. The number of amides is 1. The fourth-order valence-electron chi connectivity index (χ4n) is 1.55. The van der Waals surface area contributed by atoms with E-state index < -0.39 is 17.7 Å². The summed E-state index contributed by atoms with van der Waals surface area (Å²) in [6.07, 6.45) is 0.0343. The van der Waals surface area contributed by atoms with Crippen molar-refractivity contribution in [1.82, 2.24) is 5.32 Å².